The zero-order valence-electron chi connectivity index (χ0n) is 5.81. The van der Waals surface area contributed by atoms with Crippen LogP contribution in [0.3, 0.4) is 0 Å². The van der Waals surface area contributed by atoms with Crippen LogP contribution in [0, 0.1) is 5.92 Å². The topological polar surface area (TPSA) is 3.24 Å². The summed E-state index contributed by atoms with van der Waals surface area (Å²) in [5.74, 6) is 0.756. The fourth-order valence-corrected chi connectivity index (χ4v) is 0.877. The second-order valence-corrected chi connectivity index (χ2v) is 2.77. The second-order valence-electron chi connectivity index (χ2n) is 2.77. The van der Waals surface area contributed by atoms with Crippen molar-refractivity contribution in [2.45, 2.75) is 13.8 Å². The predicted octanol–water partition coefficient (Wildman–Crippen LogP) is 1.47. The van der Waals surface area contributed by atoms with E-state index >= 15 is 0 Å². The molecular formula is C7H13N. The normalized spacial score (nSPS) is 18.5. The number of likely N-dealkylation sites (N-methyl/N-ethyl adjacent to an activating group) is 1. The zero-order chi connectivity index (χ0) is 6.15. The van der Waals surface area contributed by atoms with Crippen molar-refractivity contribution < 1.29 is 0 Å². The minimum Gasteiger partial charge on any atom is -0.376 e. The molecule has 0 radical (unpaired) electrons. The van der Waals surface area contributed by atoms with Gasteiger partial charge in [-0.2, -0.15) is 0 Å². The van der Waals surface area contributed by atoms with Crippen LogP contribution in [-0.2, 0) is 0 Å². The van der Waals surface area contributed by atoms with Crippen molar-refractivity contribution in [2.75, 3.05) is 13.6 Å². The van der Waals surface area contributed by atoms with E-state index in [1.807, 2.05) is 0 Å². The van der Waals surface area contributed by atoms with E-state index in [0.29, 0.717) is 0 Å². The maximum Gasteiger partial charge on any atom is 0.0399 e. The van der Waals surface area contributed by atoms with Crippen molar-refractivity contribution in [1.82, 2.24) is 4.90 Å². The van der Waals surface area contributed by atoms with Crippen LogP contribution >= 0.6 is 0 Å². The van der Waals surface area contributed by atoms with Crippen LogP contribution in [0.1, 0.15) is 13.8 Å². The Labute approximate surface area is 51.0 Å². The van der Waals surface area contributed by atoms with Crippen LogP contribution in [0.25, 0.3) is 0 Å². The van der Waals surface area contributed by atoms with Gasteiger partial charge >= 0.3 is 0 Å². The first-order valence-corrected chi connectivity index (χ1v) is 3.11. The number of hydrogen-bond donors (Lipinski definition) is 0. The van der Waals surface area contributed by atoms with E-state index in [2.05, 4.69) is 32.0 Å². The third-order valence-corrected chi connectivity index (χ3v) is 1.56. The summed E-state index contributed by atoms with van der Waals surface area (Å²) in [5, 5.41) is 0. The number of rotatable bonds is 1. The van der Waals surface area contributed by atoms with E-state index in [9.17, 15) is 0 Å². The van der Waals surface area contributed by atoms with E-state index in [-0.39, 0.29) is 0 Å². The van der Waals surface area contributed by atoms with Crippen molar-refractivity contribution in [3.63, 3.8) is 0 Å². The van der Waals surface area contributed by atoms with Crippen molar-refractivity contribution in [2.24, 2.45) is 5.92 Å². The van der Waals surface area contributed by atoms with Crippen LogP contribution in [0.4, 0.5) is 0 Å². The van der Waals surface area contributed by atoms with Gasteiger partial charge in [0.15, 0.2) is 0 Å². The molecule has 1 aliphatic heterocycles. The lowest BCUT2D eigenvalue weighted by Crippen LogP contribution is -2.27. The van der Waals surface area contributed by atoms with Crippen LogP contribution in [-0.4, -0.2) is 18.5 Å². The quantitative estimate of drug-likeness (QED) is 0.495. The SMILES string of the molecule is CC(C)C1=CN(C)C1. The van der Waals surface area contributed by atoms with Crippen molar-refractivity contribution in [1.29, 1.82) is 0 Å². The summed E-state index contributed by atoms with van der Waals surface area (Å²) in [6.45, 7) is 5.65. The summed E-state index contributed by atoms with van der Waals surface area (Å²) in [6.07, 6.45) is 2.21. The first-order chi connectivity index (χ1) is 3.70. The van der Waals surface area contributed by atoms with Gasteiger partial charge in [0.25, 0.3) is 0 Å². The highest BCUT2D eigenvalue weighted by atomic mass is 15.1. The molecular weight excluding hydrogens is 98.1 g/mol. The highest BCUT2D eigenvalue weighted by Gasteiger charge is 2.12. The Balaban J connectivity index is 2.42. The van der Waals surface area contributed by atoms with E-state index in [1.165, 1.54) is 6.54 Å². The molecule has 0 aromatic carbocycles. The van der Waals surface area contributed by atoms with Crippen molar-refractivity contribution >= 4 is 0 Å². The van der Waals surface area contributed by atoms with Gasteiger partial charge in [0, 0.05) is 19.8 Å². The van der Waals surface area contributed by atoms with E-state index in [4.69, 9.17) is 0 Å². The van der Waals surface area contributed by atoms with Crippen LogP contribution in [0.5, 0.6) is 0 Å². The molecule has 0 amide bonds. The summed E-state index contributed by atoms with van der Waals surface area (Å²) in [4.78, 5) is 2.20. The average Bonchev–Trinajstić information content (AvgIpc) is 1.57. The van der Waals surface area contributed by atoms with E-state index in [1.54, 1.807) is 5.57 Å². The second kappa shape index (κ2) is 1.81. The fraction of sp³-hybridized carbons (Fsp3) is 0.714. The lowest BCUT2D eigenvalue weighted by Gasteiger charge is -2.29. The zero-order valence-corrected chi connectivity index (χ0v) is 5.81. The molecule has 46 valence electrons. The Bertz CT molecular complexity index is 114. The molecule has 0 saturated carbocycles. The Morgan fingerprint density at radius 2 is 2.12 bits per heavy atom. The molecule has 0 N–H and O–H groups in total. The van der Waals surface area contributed by atoms with Gasteiger partial charge in [0.2, 0.25) is 0 Å². The summed E-state index contributed by atoms with van der Waals surface area (Å²) in [6, 6.07) is 0. The summed E-state index contributed by atoms with van der Waals surface area (Å²) in [7, 11) is 2.10. The van der Waals surface area contributed by atoms with Gasteiger partial charge in [-0.25, -0.2) is 0 Å². The maximum atomic E-state index is 2.23. The molecule has 1 heteroatoms. The molecule has 0 aromatic heterocycles. The summed E-state index contributed by atoms with van der Waals surface area (Å²) >= 11 is 0. The molecule has 8 heavy (non-hydrogen) atoms. The van der Waals surface area contributed by atoms with E-state index < -0.39 is 0 Å². The molecule has 0 aliphatic carbocycles. The van der Waals surface area contributed by atoms with Gasteiger partial charge in [-0.1, -0.05) is 13.8 Å². The largest absolute Gasteiger partial charge is 0.376 e. The Kier molecular flexibility index (Phi) is 1.28. The smallest absolute Gasteiger partial charge is 0.0399 e. The van der Waals surface area contributed by atoms with Gasteiger partial charge in [-0.15, -0.1) is 0 Å². The molecule has 1 nitrogen and oxygen atoms in total. The van der Waals surface area contributed by atoms with Crippen LogP contribution in [0.15, 0.2) is 11.8 Å². The first-order valence-electron chi connectivity index (χ1n) is 3.11. The minimum absolute atomic E-state index is 0.756. The lowest BCUT2D eigenvalue weighted by molar-refractivity contribution is 0.402. The molecule has 0 unspecified atom stereocenters. The molecule has 0 atom stereocenters. The Hall–Kier alpha value is -0.460. The molecule has 0 saturated heterocycles. The van der Waals surface area contributed by atoms with E-state index in [0.717, 1.165) is 5.92 Å². The molecule has 0 bridgehead atoms. The van der Waals surface area contributed by atoms with Gasteiger partial charge in [-0.3, -0.25) is 0 Å². The molecule has 1 heterocycles. The van der Waals surface area contributed by atoms with Gasteiger partial charge < -0.3 is 4.90 Å². The molecule has 0 aromatic rings. The third kappa shape index (κ3) is 0.857. The number of hydrogen-bond acceptors (Lipinski definition) is 1. The van der Waals surface area contributed by atoms with Crippen molar-refractivity contribution in [3.8, 4) is 0 Å². The maximum absolute atomic E-state index is 2.23. The predicted molar refractivity (Wildman–Crippen MR) is 35.6 cm³/mol. The summed E-state index contributed by atoms with van der Waals surface area (Å²) < 4.78 is 0. The van der Waals surface area contributed by atoms with Gasteiger partial charge in [0.05, 0.1) is 0 Å². The molecule has 0 fully saturated rings. The molecule has 1 rings (SSSR count). The Morgan fingerprint density at radius 1 is 1.62 bits per heavy atom. The third-order valence-electron chi connectivity index (χ3n) is 1.56. The van der Waals surface area contributed by atoms with Crippen LogP contribution in [0.2, 0.25) is 0 Å². The van der Waals surface area contributed by atoms with Gasteiger partial charge in [-0.05, 0) is 11.5 Å². The highest BCUT2D eigenvalue weighted by Crippen LogP contribution is 2.18. The number of nitrogens with zero attached hydrogens (tertiary/aromatic N) is 1. The van der Waals surface area contributed by atoms with Gasteiger partial charge in [0.1, 0.15) is 0 Å². The fourth-order valence-electron chi connectivity index (χ4n) is 0.877. The standard InChI is InChI=1S/C7H13N/c1-6(2)7-4-8(3)5-7/h4,6H,5H2,1-3H3. The first kappa shape index (κ1) is 5.67. The Morgan fingerprint density at radius 3 is 2.25 bits per heavy atom. The lowest BCUT2D eigenvalue weighted by atomic mass is 10.00. The van der Waals surface area contributed by atoms with Crippen molar-refractivity contribution in [3.05, 3.63) is 11.8 Å². The highest BCUT2D eigenvalue weighted by molar-refractivity contribution is 5.15. The minimum atomic E-state index is 0.756. The molecule has 1 aliphatic rings. The average molecular weight is 111 g/mol. The summed E-state index contributed by atoms with van der Waals surface area (Å²) in [5.41, 5.74) is 1.58. The molecule has 0 spiro atoms. The van der Waals surface area contributed by atoms with Crippen LogP contribution < -0.4 is 0 Å². The monoisotopic (exact) mass is 111 g/mol.